The van der Waals surface area contributed by atoms with Gasteiger partial charge in [-0.25, -0.2) is 0 Å². The summed E-state index contributed by atoms with van der Waals surface area (Å²) in [4.78, 5) is 0. The highest BCUT2D eigenvalue weighted by atomic mass is 28.4. The fourth-order valence-electron chi connectivity index (χ4n) is 4.00. The van der Waals surface area contributed by atoms with Crippen LogP contribution >= 0.6 is 0 Å². The van der Waals surface area contributed by atoms with Gasteiger partial charge in [-0.1, -0.05) is 6.07 Å². The predicted molar refractivity (Wildman–Crippen MR) is 127 cm³/mol. The molecule has 0 N–H and O–H groups in total. The van der Waals surface area contributed by atoms with E-state index in [1.54, 1.807) is 0 Å². The number of fused-ring (bicyclic) bond motifs is 1. The molecule has 0 bridgehead atoms. The van der Waals surface area contributed by atoms with Gasteiger partial charge in [0.25, 0.3) is 0 Å². The molecule has 1 aromatic rings. The smallest absolute Gasteiger partial charge is 0.500 e. The van der Waals surface area contributed by atoms with Crippen molar-refractivity contribution >= 4 is 17.4 Å². The van der Waals surface area contributed by atoms with Gasteiger partial charge in [-0.3, -0.25) is 0 Å². The number of rotatable bonds is 16. The highest BCUT2D eigenvalue weighted by Gasteiger charge is 2.40. The van der Waals surface area contributed by atoms with E-state index in [0.717, 1.165) is 55.9 Å². The summed E-state index contributed by atoms with van der Waals surface area (Å²) in [6.45, 7) is 12.9. The normalized spacial score (nSPS) is 22.4. The lowest BCUT2D eigenvalue weighted by molar-refractivity contribution is 0.0708. The maximum atomic E-state index is 6.35. The third kappa shape index (κ3) is 7.91. The predicted octanol–water partition coefficient (Wildman–Crippen LogP) is 4.45. The molecule has 1 saturated heterocycles. The van der Waals surface area contributed by atoms with E-state index in [1.807, 2.05) is 20.8 Å². The summed E-state index contributed by atoms with van der Waals surface area (Å²) in [7, 11) is -4.78. The minimum atomic E-state index is -2.58. The molecular weight excluding hydrogens is 444 g/mol. The van der Waals surface area contributed by atoms with Gasteiger partial charge < -0.3 is 31.6 Å². The highest BCUT2D eigenvalue weighted by Crippen LogP contribution is 2.33. The van der Waals surface area contributed by atoms with Gasteiger partial charge in [0.15, 0.2) is 0 Å². The zero-order chi connectivity index (χ0) is 22.9. The van der Waals surface area contributed by atoms with Gasteiger partial charge in [0.1, 0.15) is 11.9 Å². The van der Waals surface area contributed by atoms with Crippen LogP contribution in [0.5, 0.6) is 5.75 Å². The third-order valence-electron chi connectivity index (χ3n) is 5.65. The maximum absolute atomic E-state index is 6.35. The second-order valence-corrected chi connectivity index (χ2v) is 14.4. The van der Waals surface area contributed by atoms with Crippen LogP contribution in [0.25, 0.3) is 0 Å². The van der Waals surface area contributed by atoms with Crippen molar-refractivity contribution in [3.8, 4) is 5.75 Å². The minimum Gasteiger partial charge on any atom is -0.520 e. The molecule has 2 atom stereocenters. The Bertz CT molecular complexity index is 684. The molecule has 182 valence electrons. The van der Waals surface area contributed by atoms with Crippen molar-refractivity contribution in [2.75, 3.05) is 39.6 Å². The Kier molecular flexibility index (Phi) is 10.2. The molecule has 0 spiro atoms. The molecule has 2 unspecified atom stereocenters. The molecule has 0 amide bonds. The van der Waals surface area contributed by atoms with Crippen molar-refractivity contribution in [1.29, 1.82) is 0 Å². The zero-order valence-electron chi connectivity index (χ0n) is 20.2. The average molecular weight is 485 g/mol. The number of hydrogen-bond acceptors (Lipinski definition) is 7. The Morgan fingerprint density at radius 1 is 1.06 bits per heavy atom. The van der Waals surface area contributed by atoms with Gasteiger partial charge in [-0.15, -0.1) is 0 Å². The van der Waals surface area contributed by atoms with Gasteiger partial charge >= 0.3 is 17.4 Å². The molecule has 0 aromatic heterocycles. The summed E-state index contributed by atoms with van der Waals surface area (Å²) in [6, 6.07) is 8.25. The topological polar surface area (TPSA) is 67.9 Å². The molecule has 9 heteroatoms. The van der Waals surface area contributed by atoms with E-state index in [4.69, 9.17) is 31.6 Å². The van der Waals surface area contributed by atoms with E-state index in [-0.39, 0.29) is 0 Å². The number of aryl methyl sites for hydroxylation is 1. The van der Waals surface area contributed by atoms with Crippen LogP contribution in [0.2, 0.25) is 18.6 Å². The minimum absolute atomic E-state index is 0.322. The highest BCUT2D eigenvalue weighted by molar-refractivity contribution is 6.67. The summed E-state index contributed by atoms with van der Waals surface area (Å²) in [5.41, 5.74) is 2.42. The van der Waals surface area contributed by atoms with Crippen molar-refractivity contribution in [2.24, 2.45) is 0 Å². The van der Waals surface area contributed by atoms with E-state index >= 15 is 0 Å². The second-order valence-electron chi connectivity index (χ2n) is 8.44. The van der Waals surface area contributed by atoms with Crippen LogP contribution in [0.1, 0.15) is 44.7 Å². The van der Waals surface area contributed by atoms with Crippen LogP contribution in [0.15, 0.2) is 18.2 Å². The summed E-state index contributed by atoms with van der Waals surface area (Å²) >= 11 is 0. The van der Waals surface area contributed by atoms with E-state index in [0.29, 0.717) is 39.1 Å². The number of epoxide rings is 1. The first kappa shape index (κ1) is 25.8. The van der Waals surface area contributed by atoms with Gasteiger partial charge in [-0.2, -0.15) is 0 Å². The maximum Gasteiger partial charge on any atom is 0.500 e. The van der Waals surface area contributed by atoms with E-state index in [2.05, 4.69) is 24.7 Å². The summed E-state index contributed by atoms with van der Waals surface area (Å²) in [6.07, 6.45) is 3.19. The largest absolute Gasteiger partial charge is 0.520 e. The molecule has 0 saturated carbocycles. The lowest BCUT2D eigenvalue weighted by Crippen LogP contribution is -2.46. The Morgan fingerprint density at radius 2 is 1.78 bits per heavy atom. The van der Waals surface area contributed by atoms with Crippen molar-refractivity contribution < 1.29 is 31.6 Å². The van der Waals surface area contributed by atoms with E-state index in [9.17, 15) is 0 Å². The quantitative estimate of drug-likeness (QED) is 0.195. The SMILES string of the molecule is CCO[Si](CCCc1ccc2c(c1)CO[Si](C)(CCCOCC1CO1)O2)(OCC)OCC. The number of ether oxygens (including phenoxy) is 2. The summed E-state index contributed by atoms with van der Waals surface area (Å²) in [5.74, 6) is 0.975. The van der Waals surface area contributed by atoms with Gasteiger partial charge in [0, 0.05) is 44.1 Å². The Balaban J connectivity index is 1.47. The van der Waals surface area contributed by atoms with Gasteiger partial charge in [0.2, 0.25) is 0 Å². The van der Waals surface area contributed by atoms with Crippen LogP contribution in [0, 0.1) is 0 Å². The molecule has 7 nitrogen and oxygen atoms in total. The van der Waals surface area contributed by atoms with Crippen LogP contribution < -0.4 is 4.43 Å². The number of hydrogen-bond donors (Lipinski definition) is 0. The lowest BCUT2D eigenvalue weighted by atomic mass is 10.1. The molecule has 2 aliphatic rings. The van der Waals surface area contributed by atoms with Crippen LogP contribution in [0.4, 0.5) is 0 Å². The van der Waals surface area contributed by atoms with Gasteiger partial charge in [0.05, 0.1) is 19.8 Å². The molecule has 3 rings (SSSR count). The van der Waals surface area contributed by atoms with E-state index < -0.39 is 17.4 Å². The van der Waals surface area contributed by atoms with Crippen molar-refractivity contribution in [2.45, 2.75) is 71.4 Å². The molecular formula is C23H40O7Si2. The van der Waals surface area contributed by atoms with Crippen molar-refractivity contribution in [1.82, 2.24) is 0 Å². The number of benzene rings is 1. The monoisotopic (exact) mass is 484 g/mol. The summed E-state index contributed by atoms with van der Waals surface area (Å²) in [5, 5.41) is 0. The first-order valence-electron chi connectivity index (χ1n) is 12.1. The van der Waals surface area contributed by atoms with Crippen molar-refractivity contribution in [3.63, 3.8) is 0 Å². The van der Waals surface area contributed by atoms with Crippen LogP contribution in [-0.2, 0) is 40.2 Å². The third-order valence-corrected chi connectivity index (χ3v) is 11.5. The Labute approximate surface area is 195 Å². The van der Waals surface area contributed by atoms with E-state index in [1.165, 1.54) is 5.56 Å². The molecule has 2 heterocycles. The molecule has 1 aromatic carbocycles. The molecule has 32 heavy (non-hydrogen) atoms. The first-order chi connectivity index (χ1) is 15.5. The molecule has 1 fully saturated rings. The average Bonchev–Trinajstić information content (AvgIpc) is 3.59. The lowest BCUT2D eigenvalue weighted by Gasteiger charge is -2.33. The zero-order valence-corrected chi connectivity index (χ0v) is 22.2. The second kappa shape index (κ2) is 12.6. The first-order valence-corrected chi connectivity index (χ1v) is 16.5. The fourth-order valence-corrected chi connectivity index (χ4v) is 8.83. The molecule has 0 aliphatic carbocycles. The van der Waals surface area contributed by atoms with Crippen molar-refractivity contribution in [3.05, 3.63) is 29.3 Å². The molecule has 0 radical (unpaired) electrons. The Hall–Kier alpha value is -0.786. The summed E-state index contributed by atoms with van der Waals surface area (Å²) < 4.78 is 41.3. The van der Waals surface area contributed by atoms with Crippen LogP contribution in [-0.4, -0.2) is 63.1 Å². The van der Waals surface area contributed by atoms with Gasteiger partial charge in [-0.05, 0) is 64.3 Å². The molecule has 2 aliphatic heterocycles. The van der Waals surface area contributed by atoms with Crippen LogP contribution in [0.3, 0.4) is 0 Å². The fraction of sp³-hybridized carbons (Fsp3) is 0.739. The standard InChI is InChI=1S/C23H40O7Si2/c1-5-26-32(27-6-2,28-7-3)15-8-10-20-11-12-23-21(16-20)17-29-31(4,30-23)14-9-13-24-18-22-19-25-22/h11-12,16,22H,5-10,13-15,17-19H2,1-4H3. The Morgan fingerprint density at radius 3 is 2.44 bits per heavy atom.